The molecule has 0 saturated heterocycles. The second-order valence-electron chi connectivity index (χ2n) is 20.9. The van der Waals surface area contributed by atoms with E-state index >= 15 is 0 Å². The van der Waals surface area contributed by atoms with Crippen LogP contribution in [0.1, 0.15) is 80.8 Å². The lowest BCUT2D eigenvalue weighted by molar-refractivity contribution is 0.0162. The number of amides is 1. The average molecular weight is 1180 g/mol. The molecule has 12 rings (SSSR count). The van der Waals surface area contributed by atoms with Gasteiger partial charge in [0.15, 0.2) is 29.3 Å². The van der Waals surface area contributed by atoms with Gasteiger partial charge < -0.3 is 29.0 Å². The lowest BCUT2D eigenvalue weighted by Gasteiger charge is -2.38. The zero-order valence-corrected chi connectivity index (χ0v) is 49.7. The Morgan fingerprint density at radius 1 is 0.667 bits per heavy atom. The molecule has 10 aromatic rings. The van der Waals surface area contributed by atoms with Crippen LogP contribution >= 0.6 is 22.7 Å². The minimum Gasteiger partial charge on any atom is -0.493 e. The minimum atomic E-state index is -4.12. The summed E-state index contributed by atoms with van der Waals surface area (Å²) in [6.07, 6.45) is 6.22. The van der Waals surface area contributed by atoms with Gasteiger partial charge in [0.05, 0.1) is 42.6 Å². The Kier molecular flexibility index (Phi) is 18.6. The van der Waals surface area contributed by atoms with Crippen molar-refractivity contribution in [3.8, 4) is 28.7 Å². The molecular weight excluding hydrogens is 1120 g/mol. The SMILES string of the molecule is COc1cc2c(cc1OCc1ccccc1)CCN(C(=O)OC(C)(C)C)C2CS(=O)(=O)c1nnnn1-c1ccccc1.COc1cc2c(cc1OCc1ccccc1)CCNC2/C=C/c1cc2ccccc2s1.O=Cc1cc2ccccc2s1. The Morgan fingerprint density at radius 3 is 1.77 bits per heavy atom. The fraction of sp³-hybridized carbons (Fsp3) is 0.227. The van der Waals surface area contributed by atoms with Crippen molar-refractivity contribution < 1.29 is 41.7 Å². The number of benzene rings is 7. The molecule has 0 aliphatic carbocycles. The Morgan fingerprint density at radius 2 is 1.20 bits per heavy atom. The molecule has 18 heteroatoms. The molecule has 0 bridgehead atoms. The number of rotatable bonds is 15. The molecule has 1 N–H and O–H groups in total. The van der Waals surface area contributed by atoms with Gasteiger partial charge in [0.1, 0.15) is 18.8 Å². The highest BCUT2D eigenvalue weighted by molar-refractivity contribution is 7.91. The van der Waals surface area contributed by atoms with E-state index in [1.54, 1.807) is 58.2 Å². The number of nitrogens with zero attached hydrogens (tertiary/aromatic N) is 5. The first kappa shape index (κ1) is 58.5. The monoisotopic (exact) mass is 1180 g/mol. The molecule has 430 valence electrons. The molecule has 1 amide bonds. The number of hydrogen-bond acceptors (Lipinski definition) is 15. The number of nitrogens with one attached hydrogen (secondary N) is 1. The molecule has 15 nitrogen and oxygen atoms in total. The van der Waals surface area contributed by atoms with Gasteiger partial charge in [-0.1, -0.05) is 126 Å². The molecule has 2 aliphatic rings. The third-order valence-corrected chi connectivity index (χ3v) is 17.6. The highest BCUT2D eigenvalue weighted by atomic mass is 32.2. The number of carbonyl (C=O) groups is 2. The number of sulfone groups is 1. The summed E-state index contributed by atoms with van der Waals surface area (Å²) in [4.78, 5) is 27.3. The number of tetrazole rings is 1. The summed E-state index contributed by atoms with van der Waals surface area (Å²) >= 11 is 3.35. The first-order chi connectivity index (χ1) is 40.7. The van der Waals surface area contributed by atoms with Crippen LogP contribution in [0.5, 0.6) is 23.0 Å². The standard InChI is InChI=1S/C30H33N5O6S.C27H25NO2S.C9H6OS/c1-30(2,3)41-29(36)34-16-15-22-17-27(40-19-21-11-7-5-8-12-21)26(39-4)18-24(22)25(34)20-42(37,38)28-31-32-33-35(28)23-13-9-6-10-14-23;1-29-25-17-23-20(16-26(25)30-18-19-7-3-2-4-8-19)13-14-28-24(23)12-11-22-15-21-9-5-6-10-27(21)31-22;10-6-8-5-7-3-1-2-4-9(7)11-8/h5-14,17-18,25H,15-16,19-20H2,1-4H3;2-12,15-17,24,28H,13-14,18H2,1H3;1-6H/b;12-11+;. The number of ether oxygens (including phenoxy) is 5. The lowest BCUT2D eigenvalue weighted by atomic mass is 9.93. The van der Waals surface area contributed by atoms with Gasteiger partial charge in [0, 0.05) is 27.4 Å². The summed E-state index contributed by atoms with van der Waals surface area (Å²) in [5, 5.41) is 17.2. The fourth-order valence-electron chi connectivity index (χ4n) is 9.93. The van der Waals surface area contributed by atoms with Crippen LogP contribution in [-0.2, 0) is 40.6 Å². The maximum atomic E-state index is 13.9. The summed E-state index contributed by atoms with van der Waals surface area (Å²) < 4.78 is 60.7. The van der Waals surface area contributed by atoms with E-state index in [2.05, 4.69) is 87.6 Å². The highest BCUT2D eigenvalue weighted by Crippen LogP contribution is 2.41. The smallest absolute Gasteiger partial charge is 0.410 e. The van der Waals surface area contributed by atoms with Crippen molar-refractivity contribution >= 4 is 71.1 Å². The van der Waals surface area contributed by atoms with Gasteiger partial charge in [-0.25, -0.2) is 13.2 Å². The van der Waals surface area contributed by atoms with Crippen LogP contribution in [0, 0.1) is 0 Å². The molecule has 84 heavy (non-hydrogen) atoms. The van der Waals surface area contributed by atoms with Crippen molar-refractivity contribution in [3.05, 3.63) is 225 Å². The maximum absolute atomic E-state index is 13.9. The van der Waals surface area contributed by atoms with E-state index in [1.807, 2.05) is 102 Å². The zero-order valence-electron chi connectivity index (χ0n) is 47.2. The maximum Gasteiger partial charge on any atom is 0.410 e. The summed E-state index contributed by atoms with van der Waals surface area (Å²) in [5.74, 6) is 2.06. The quantitative estimate of drug-likeness (QED) is 0.0962. The van der Waals surface area contributed by atoms with E-state index in [-0.39, 0.29) is 17.7 Å². The number of aldehydes is 1. The molecule has 7 aromatic carbocycles. The summed E-state index contributed by atoms with van der Waals surface area (Å²) in [7, 11) is -0.896. The molecule has 0 radical (unpaired) electrons. The Hall–Kier alpha value is -8.68. The largest absolute Gasteiger partial charge is 0.493 e. The van der Waals surface area contributed by atoms with Gasteiger partial charge in [-0.15, -0.1) is 22.7 Å². The van der Waals surface area contributed by atoms with Crippen LogP contribution in [0.15, 0.2) is 187 Å². The minimum absolute atomic E-state index is 0.158. The summed E-state index contributed by atoms with van der Waals surface area (Å²) in [6, 6.07) is 56.5. The Labute approximate surface area is 497 Å². The van der Waals surface area contributed by atoms with Crippen LogP contribution in [0.25, 0.3) is 31.9 Å². The Balaban J connectivity index is 0.000000162. The second kappa shape index (κ2) is 26.7. The van der Waals surface area contributed by atoms with Crippen LogP contribution in [-0.4, -0.2) is 84.6 Å². The van der Waals surface area contributed by atoms with Gasteiger partial charge in [-0.2, -0.15) is 4.68 Å². The fourth-order valence-corrected chi connectivity index (χ4v) is 13.3. The van der Waals surface area contributed by atoms with Crippen LogP contribution < -0.4 is 24.3 Å². The molecule has 0 saturated carbocycles. The van der Waals surface area contributed by atoms with Crippen molar-refractivity contribution in [2.75, 3.05) is 33.1 Å². The molecule has 2 atom stereocenters. The molecule has 0 fully saturated rings. The number of carbonyl (C=O) groups excluding carboxylic acids is 2. The first-order valence-electron chi connectivity index (χ1n) is 27.4. The van der Waals surface area contributed by atoms with Crippen LogP contribution in [0.4, 0.5) is 4.79 Å². The first-order valence-corrected chi connectivity index (χ1v) is 30.7. The third kappa shape index (κ3) is 14.4. The molecular formula is C66H64N6O9S3. The summed E-state index contributed by atoms with van der Waals surface area (Å²) in [6.45, 7) is 7.35. The van der Waals surface area contributed by atoms with Crippen molar-refractivity contribution in [1.29, 1.82) is 0 Å². The predicted octanol–water partition coefficient (Wildman–Crippen LogP) is 13.7. The number of thiophene rings is 2. The van der Waals surface area contributed by atoms with E-state index in [4.69, 9.17) is 23.7 Å². The second-order valence-corrected chi connectivity index (χ2v) is 25.1. The molecule has 3 aromatic heterocycles. The molecule has 2 aliphatic heterocycles. The van der Waals surface area contributed by atoms with E-state index in [9.17, 15) is 18.0 Å². The van der Waals surface area contributed by atoms with Crippen LogP contribution in [0.3, 0.4) is 0 Å². The molecule has 0 spiro atoms. The van der Waals surface area contributed by atoms with Gasteiger partial charge in [-0.05, 0) is 155 Å². The number of para-hydroxylation sites is 1. The third-order valence-electron chi connectivity index (χ3n) is 14.0. The average Bonchev–Trinajstić information content (AvgIpc) is 4.27. The topological polar surface area (TPSA) is 173 Å². The molecule has 2 unspecified atom stereocenters. The zero-order chi connectivity index (χ0) is 58.6. The van der Waals surface area contributed by atoms with E-state index in [1.165, 1.54) is 58.8 Å². The van der Waals surface area contributed by atoms with E-state index in [0.717, 1.165) is 57.7 Å². The lowest BCUT2D eigenvalue weighted by Crippen LogP contribution is -2.45. The van der Waals surface area contributed by atoms with Gasteiger partial charge in [-0.3, -0.25) is 9.69 Å². The van der Waals surface area contributed by atoms with Crippen molar-refractivity contribution in [2.45, 2.75) is 69.7 Å². The van der Waals surface area contributed by atoms with E-state index < -0.39 is 33.3 Å². The van der Waals surface area contributed by atoms with Crippen LogP contribution in [0.2, 0.25) is 0 Å². The van der Waals surface area contributed by atoms with E-state index in [0.29, 0.717) is 42.4 Å². The Bertz CT molecular complexity index is 3950. The van der Waals surface area contributed by atoms with Crippen molar-refractivity contribution in [2.24, 2.45) is 0 Å². The predicted molar refractivity (Wildman–Crippen MR) is 331 cm³/mol. The highest BCUT2D eigenvalue weighted by Gasteiger charge is 2.39. The van der Waals surface area contributed by atoms with Gasteiger partial charge >= 0.3 is 6.09 Å². The molecule has 5 heterocycles. The van der Waals surface area contributed by atoms with Crippen molar-refractivity contribution in [1.82, 2.24) is 30.4 Å². The number of fused-ring (bicyclic) bond motifs is 4. The normalized spacial score (nSPS) is 14.8. The van der Waals surface area contributed by atoms with Gasteiger partial charge in [0.25, 0.3) is 5.16 Å². The summed E-state index contributed by atoms with van der Waals surface area (Å²) in [5.41, 5.74) is 5.91. The number of hydrogen-bond donors (Lipinski definition) is 1. The van der Waals surface area contributed by atoms with Gasteiger partial charge in [0.2, 0.25) is 9.84 Å². The number of methoxy groups -OCH3 is 2. The van der Waals surface area contributed by atoms with Crippen molar-refractivity contribution in [3.63, 3.8) is 0 Å². The number of aromatic nitrogens is 4.